The van der Waals surface area contributed by atoms with Crippen molar-refractivity contribution >= 4 is 50.3 Å². The second kappa shape index (κ2) is 7.50. The van der Waals surface area contributed by atoms with Crippen LogP contribution in [0.25, 0.3) is 22.4 Å². The van der Waals surface area contributed by atoms with Gasteiger partial charge in [-0.05, 0) is 48.0 Å². The van der Waals surface area contributed by atoms with E-state index in [4.69, 9.17) is 16.0 Å². The number of hydrogen-bond donors (Lipinski definition) is 0. The summed E-state index contributed by atoms with van der Waals surface area (Å²) in [5, 5.41) is 10.9. The number of rotatable bonds is 4. The smallest absolute Gasteiger partial charge is 0.336 e. The highest BCUT2D eigenvalue weighted by molar-refractivity contribution is 9.10. The lowest BCUT2D eigenvalue weighted by Gasteiger charge is -2.06. The highest BCUT2D eigenvalue weighted by atomic mass is 79.9. The molecule has 0 atom stereocenters. The maximum atomic E-state index is 11.9. The van der Waals surface area contributed by atoms with E-state index in [2.05, 4.69) is 26.1 Å². The summed E-state index contributed by atoms with van der Waals surface area (Å²) in [6, 6.07) is 14.7. The molecule has 0 fully saturated rings. The molecule has 0 aliphatic carbocycles. The minimum atomic E-state index is -0.365. The summed E-state index contributed by atoms with van der Waals surface area (Å²) in [7, 11) is 1.92. The van der Waals surface area contributed by atoms with E-state index in [1.54, 1.807) is 6.07 Å². The maximum absolute atomic E-state index is 11.9. The van der Waals surface area contributed by atoms with Crippen molar-refractivity contribution in [3.63, 3.8) is 0 Å². The van der Waals surface area contributed by atoms with E-state index in [1.807, 2.05) is 48.0 Å². The first-order valence-corrected chi connectivity index (χ1v) is 10.2. The molecule has 27 heavy (non-hydrogen) atoms. The minimum Gasteiger partial charge on any atom is -0.423 e. The van der Waals surface area contributed by atoms with Gasteiger partial charge in [-0.25, -0.2) is 4.79 Å². The molecular weight excluding hydrogens is 450 g/mol. The van der Waals surface area contributed by atoms with Crippen LogP contribution in [-0.2, 0) is 12.8 Å². The van der Waals surface area contributed by atoms with Crippen LogP contribution in [0.4, 0.5) is 0 Å². The molecule has 0 amide bonds. The van der Waals surface area contributed by atoms with E-state index < -0.39 is 0 Å². The number of halogens is 2. The summed E-state index contributed by atoms with van der Waals surface area (Å²) in [5.74, 6) is 1.34. The van der Waals surface area contributed by atoms with Crippen molar-refractivity contribution in [1.29, 1.82) is 0 Å². The third kappa shape index (κ3) is 3.81. The summed E-state index contributed by atoms with van der Waals surface area (Å²) in [6.07, 6.45) is 0. The normalized spacial score (nSPS) is 11.2. The first-order chi connectivity index (χ1) is 13.0. The zero-order valence-corrected chi connectivity index (χ0v) is 17.3. The molecule has 0 spiro atoms. The van der Waals surface area contributed by atoms with Crippen molar-refractivity contribution < 1.29 is 4.42 Å². The Balaban J connectivity index is 1.62. The van der Waals surface area contributed by atoms with Gasteiger partial charge >= 0.3 is 5.63 Å². The number of benzene rings is 2. The van der Waals surface area contributed by atoms with Gasteiger partial charge in [-0.3, -0.25) is 0 Å². The molecule has 0 unspecified atom stereocenters. The van der Waals surface area contributed by atoms with Crippen LogP contribution in [0.3, 0.4) is 0 Å². The fourth-order valence-electron chi connectivity index (χ4n) is 2.76. The van der Waals surface area contributed by atoms with Gasteiger partial charge in [0.2, 0.25) is 0 Å². The number of hydrogen-bond acceptors (Lipinski definition) is 5. The van der Waals surface area contributed by atoms with Gasteiger partial charge in [-0.15, -0.1) is 10.2 Å². The molecule has 8 heteroatoms. The Morgan fingerprint density at radius 2 is 1.93 bits per heavy atom. The average Bonchev–Trinajstić information content (AvgIpc) is 3.00. The van der Waals surface area contributed by atoms with E-state index in [0.29, 0.717) is 16.4 Å². The lowest BCUT2D eigenvalue weighted by molar-refractivity contribution is 0.559. The number of nitrogens with zero attached hydrogens (tertiary/aromatic N) is 3. The summed E-state index contributed by atoms with van der Waals surface area (Å²) in [5.41, 5.74) is 2.04. The average molecular weight is 463 g/mol. The second-order valence-corrected chi connectivity index (χ2v) is 8.19. The van der Waals surface area contributed by atoms with Crippen LogP contribution in [0.2, 0.25) is 5.02 Å². The topological polar surface area (TPSA) is 60.9 Å². The quantitative estimate of drug-likeness (QED) is 0.304. The summed E-state index contributed by atoms with van der Waals surface area (Å²) >= 11 is 10.9. The van der Waals surface area contributed by atoms with E-state index in [9.17, 15) is 4.79 Å². The highest BCUT2D eigenvalue weighted by Gasteiger charge is 2.13. The van der Waals surface area contributed by atoms with E-state index in [1.165, 1.54) is 17.8 Å². The number of fused-ring (bicyclic) bond motifs is 1. The van der Waals surface area contributed by atoms with Gasteiger partial charge in [-0.2, -0.15) is 0 Å². The van der Waals surface area contributed by atoms with Crippen molar-refractivity contribution in [2.24, 2.45) is 7.05 Å². The van der Waals surface area contributed by atoms with E-state index >= 15 is 0 Å². The lowest BCUT2D eigenvalue weighted by Crippen LogP contribution is -2.00. The second-order valence-electron chi connectivity index (χ2n) is 5.89. The fraction of sp³-hybridized carbons (Fsp3) is 0.105. The van der Waals surface area contributed by atoms with Crippen LogP contribution < -0.4 is 5.63 Å². The van der Waals surface area contributed by atoms with Gasteiger partial charge in [0.25, 0.3) is 0 Å². The zero-order chi connectivity index (χ0) is 19.0. The van der Waals surface area contributed by atoms with Gasteiger partial charge in [0, 0.05) is 39.3 Å². The summed E-state index contributed by atoms with van der Waals surface area (Å²) in [4.78, 5) is 11.9. The molecule has 0 aliphatic rings. The van der Waals surface area contributed by atoms with Crippen molar-refractivity contribution in [3.8, 4) is 11.4 Å². The molecule has 0 aliphatic heterocycles. The third-order valence-corrected chi connectivity index (χ3v) is 5.90. The molecular formula is C19H13BrClN3O2S. The van der Waals surface area contributed by atoms with Crippen LogP contribution in [0, 0.1) is 0 Å². The first kappa shape index (κ1) is 18.3. The predicted molar refractivity (Wildman–Crippen MR) is 111 cm³/mol. The molecule has 0 bridgehead atoms. The molecule has 0 N–H and O–H groups in total. The number of thioether (sulfide) groups is 1. The summed E-state index contributed by atoms with van der Waals surface area (Å²) in [6.45, 7) is 0. The first-order valence-electron chi connectivity index (χ1n) is 8.02. The standard InChI is InChI=1S/C19H13BrClN3O2S/c1-24-18(11-2-5-14(21)6-3-11)22-23-19(24)27-10-12-8-17(25)26-16-9-13(20)4-7-15(12)16/h2-9H,10H2,1H3. The Morgan fingerprint density at radius 1 is 1.15 bits per heavy atom. The minimum absolute atomic E-state index is 0.365. The molecule has 4 aromatic rings. The van der Waals surface area contributed by atoms with E-state index in [-0.39, 0.29) is 5.63 Å². The Hall–Kier alpha value is -2.09. The number of aromatic nitrogens is 3. The van der Waals surface area contributed by atoms with Crippen molar-refractivity contribution in [3.05, 3.63) is 74.0 Å². The van der Waals surface area contributed by atoms with Gasteiger partial charge in [0.1, 0.15) is 5.58 Å². The molecule has 4 rings (SSSR count). The van der Waals surface area contributed by atoms with Crippen LogP contribution in [0.15, 0.2) is 67.4 Å². The predicted octanol–water partition coefficient (Wildman–Crippen LogP) is 5.30. The Labute approximate surface area is 172 Å². The Bertz CT molecular complexity index is 1190. The van der Waals surface area contributed by atoms with Gasteiger partial charge in [-0.1, -0.05) is 39.3 Å². The maximum Gasteiger partial charge on any atom is 0.336 e. The molecule has 2 aromatic heterocycles. The largest absolute Gasteiger partial charge is 0.423 e. The van der Waals surface area contributed by atoms with Gasteiger partial charge < -0.3 is 8.98 Å². The van der Waals surface area contributed by atoms with Crippen molar-refractivity contribution in [2.45, 2.75) is 10.9 Å². The SMILES string of the molecule is Cn1c(SCc2cc(=O)oc3cc(Br)ccc23)nnc1-c1ccc(Cl)cc1. The molecule has 2 aromatic carbocycles. The van der Waals surface area contributed by atoms with Crippen molar-refractivity contribution in [1.82, 2.24) is 14.8 Å². The monoisotopic (exact) mass is 461 g/mol. The third-order valence-electron chi connectivity index (χ3n) is 4.09. The van der Waals surface area contributed by atoms with Crippen LogP contribution in [-0.4, -0.2) is 14.8 Å². The van der Waals surface area contributed by atoms with Gasteiger partial charge in [0.05, 0.1) is 0 Å². The van der Waals surface area contributed by atoms with Crippen LogP contribution in [0.5, 0.6) is 0 Å². The Kier molecular flexibility index (Phi) is 5.08. The molecule has 0 saturated carbocycles. The zero-order valence-electron chi connectivity index (χ0n) is 14.1. The molecule has 0 saturated heterocycles. The van der Waals surface area contributed by atoms with Gasteiger partial charge in [0.15, 0.2) is 11.0 Å². The van der Waals surface area contributed by atoms with Crippen LogP contribution in [0.1, 0.15) is 5.56 Å². The molecule has 136 valence electrons. The fourth-order valence-corrected chi connectivity index (χ4v) is 4.12. The lowest BCUT2D eigenvalue weighted by atomic mass is 10.1. The molecule has 2 heterocycles. The Morgan fingerprint density at radius 3 is 2.70 bits per heavy atom. The van der Waals surface area contributed by atoms with Crippen LogP contribution >= 0.6 is 39.3 Å². The highest BCUT2D eigenvalue weighted by Crippen LogP contribution is 2.29. The molecule has 5 nitrogen and oxygen atoms in total. The summed E-state index contributed by atoms with van der Waals surface area (Å²) < 4.78 is 8.09. The van der Waals surface area contributed by atoms with E-state index in [0.717, 1.165) is 32.0 Å². The van der Waals surface area contributed by atoms with Crippen molar-refractivity contribution in [2.75, 3.05) is 0 Å². The molecule has 0 radical (unpaired) electrons.